The predicted octanol–water partition coefficient (Wildman–Crippen LogP) is 1.72. The van der Waals surface area contributed by atoms with Gasteiger partial charge >= 0.3 is 0 Å². The fraction of sp³-hybridized carbons (Fsp3) is 0.154. The minimum atomic E-state index is -0.269. The summed E-state index contributed by atoms with van der Waals surface area (Å²) >= 11 is 0. The van der Waals surface area contributed by atoms with Gasteiger partial charge in [0.05, 0.1) is 13.2 Å². The fourth-order valence-corrected chi connectivity index (χ4v) is 1.67. The summed E-state index contributed by atoms with van der Waals surface area (Å²) in [6, 6.07) is 9.09. The molecule has 2 aromatic rings. The Kier molecular flexibility index (Phi) is 3.25. The number of nitrogens with zero attached hydrogens (tertiary/aromatic N) is 1. The first-order valence-electron chi connectivity index (χ1n) is 5.31. The SMILES string of the molecule is COc1ccc(C(N)c2cnccc2N)cc1. The quantitative estimate of drug-likeness (QED) is 0.840. The molecule has 0 aliphatic carbocycles. The number of ether oxygens (including phenoxy) is 1. The maximum absolute atomic E-state index is 6.15. The van der Waals surface area contributed by atoms with E-state index in [1.54, 1.807) is 25.6 Å². The number of methoxy groups -OCH3 is 1. The van der Waals surface area contributed by atoms with Crippen LogP contribution in [0.4, 0.5) is 5.69 Å². The van der Waals surface area contributed by atoms with Crippen LogP contribution in [0.15, 0.2) is 42.7 Å². The second-order valence-electron chi connectivity index (χ2n) is 3.76. The monoisotopic (exact) mass is 229 g/mol. The second-order valence-corrected chi connectivity index (χ2v) is 3.76. The Bertz CT molecular complexity index is 496. The molecular weight excluding hydrogens is 214 g/mol. The lowest BCUT2D eigenvalue weighted by Gasteiger charge is -2.14. The van der Waals surface area contributed by atoms with E-state index < -0.39 is 0 Å². The van der Waals surface area contributed by atoms with Gasteiger partial charge < -0.3 is 16.2 Å². The molecule has 0 aliphatic heterocycles. The number of aromatic nitrogens is 1. The molecule has 0 saturated heterocycles. The molecule has 4 nitrogen and oxygen atoms in total. The number of anilines is 1. The highest BCUT2D eigenvalue weighted by atomic mass is 16.5. The molecule has 1 atom stereocenters. The summed E-state index contributed by atoms with van der Waals surface area (Å²) in [7, 11) is 1.63. The summed E-state index contributed by atoms with van der Waals surface area (Å²) in [6.45, 7) is 0. The minimum Gasteiger partial charge on any atom is -0.497 e. The zero-order chi connectivity index (χ0) is 12.3. The van der Waals surface area contributed by atoms with Crippen molar-refractivity contribution >= 4 is 5.69 Å². The molecule has 4 N–H and O–H groups in total. The Morgan fingerprint density at radius 2 is 1.88 bits per heavy atom. The van der Waals surface area contributed by atoms with Crippen LogP contribution in [-0.2, 0) is 0 Å². The molecule has 0 aliphatic rings. The van der Waals surface area contributed by atoms with Crippen LogP contribution in [0.1, 0.15) is 17.2 Å². The van der Waals surface area contributed by atoms with Crippen LogP contribution >= 0.6 is 0 Å². The van der Waals surface area contributed by atoms with Crippen molar-refractivity contribution in [2.75, 3.05) is 12.8 Å². The maximum atomic E-state index is 6.15. The normalized spacial score (nSPS) is 12.1. The van der Waals surface area contributed by atoms with E-state index in [1.165, 1.54) is 0 Å². The van der Waals surface area contributed by atoms with E-state index >= 15 is 0 Å². The van der Waals surface area contributed by atoms with E-state index in [9.17, 15) is 0 Å². The molecule has 0 saturated carbocycles. The summed E-state index contributed by atoms with van der Waals surface area (Å²) < 4.78 is 5.10. The summed E-state index contributed by atoms with van der Waals surface area (Å²) in [5.41, 5.74) is 14.5. The van der Waals surface area contributed by atoms with Crippen LogP contribution in [0.2, 0.25) is 0 Å². The maximum Gasteiger partial charge on any atom is 0.118 e. The Labute approximate surface area is 100 Å². The van der Waals surface area contributed by atoms with Crippen molar-refractivity contribution in [2.45, 2.75) is 6.04 Å². The predicted molar refractivity (Wildman–Crippen MR) is 67.7 cm³/mol. The molecule has 0 bridgehead atoms. The summed E-state index contributed by atoms with van der Waals surface area (Å²) in [5.74, 6) is 0.806. The zero-order valence-corrected chi connectivity index (χ0v) is 9.63. The molecule has 1 heterocycles. The van der Waals surface area contributed by atoms with E-state index in [-0.39, 0.29) is 6.04 Å². The zero-order valence-electron chi connectivity index (χ0n) is 9.63. The number of rotatable bonds is 3. The molecule has 1 aromatic carbocycles. The van der Waals surface area contributed by atoms with Gasteiger partial charge in [0, 0.05) is 23.6 Å². The first kappa shape index (κ1) is 11.4. The van der Waals surface area contributed by atoms with Crippen molar-refractivity contribution in [2.24, 2.45) is 5.73 Å². The highest BCUT2D eigenvalue weighted by Gasteiger charge is 2.11. The van der Waals surface area contributed by atoms with Crippen LogP contribution in [0.25, 0.3) is 0 Å². The lowest BCUT2D eigenvalue weighted by Crippen LogP contribution is -2.14. The molecule has 88 valence electrons. The van der Waals surface area contributed by atoms with Crippen molar-refractivity contribution in [3.05, 3.63) is 53.9 Å². The summed E-state index contributed by atoms with van der Waals surface area (Å²) in [4.78, 5) is 4.04. The standard InChI is InChI=1S/C13H15N3O/c1-17-10-4-2-9(3-5-10)13(15)11-8-16-7-6-12(11)14/h2-8,13H,15H2,1H3,(H2,14,16). The Balaban J connectivity index is 2.30. The molecule has 4 heteroatoms. The van der Waals surface area contributed by atoms with Crippen LogP contribution in [0.3, 0.4) is 0 Å². The van der Waals surface area contributed by atoms with Crippen LogP contribution < -0.4 is 16.2 Å². The molecule has 0 fully saturated rings. The molecule has 1 unspecified atom stereocenters. The van der Waals surface area contributed by atoms with Gasteiger partial charge in [0.2, 0.25) is 0 Å². The minimum absolute atomic E-state index is 0.269. The lowest BCUT2D eigenvalue weighted by molar-refractivity contribution is 0.414. The summed E-state index contributed by atoms with van der Waals surface area (Å²) in [6.07, 6.45) is 3.35. The lowest BCUT2D eigenvalue weighted by atomic mass is 10.00. The van der Waals surface area contributed by atoms with Gasteiger partial charge in [-0.3, -0.25) is 4.98 Å². The number of nitrogens with two attached hydrogens (primary N) is 2. The average molecular weight is 229 g/mol. The number of hydrogen-bond donors (Lipinski definition) is 2. The third-order valence-corrected chi connectivity index (χ3v) is 2.70. The molecule has 0 radical (unpaired) electrons. The smallest absolute Gasteiger partial charge is 0.118 e. The Morgan fingerprint density at radius 1 is 1.18 bits per heavy atom. The van der Waals surface area contributed by atoms with Crippen molar-refractivity contribution < 1.29 is 4.74 Å². The number of pyridine rings is 1. The van der Waals surface area contributed by atoms with Crippen molar-refractivity contribution in [1.82, 2.24) is 4.98 Å². The van der Waals surface area contributed by atoms with E-state index in [0.717, 1.165) is 16.9 Å². The second kappa shape index (κ2) is 4.84. The molecule has 17 heavy (non-hydrogen) atoms. The molecule has 0 amide bonds. The van der Waals surface area contributed by atoms with Gasteiger partial charge in [0.15, 0.2) is 0 Å². The fourth-order valence-electron chi connectivity index (χ4n) is 1.67. The molecular formula is C13H15N3O. The van der Waals surface area contributed by atoms with Gasteiger partial charge in [-0.15, -0.1) is 0 Å². The van der Waals surface area contributed by atoms with Gasteiger partial charge in [-0.1, -0.05) is 12.1 Å². The first-order valence-corrected chi connectivity index (χ1v) is 5.31. The topological polar surface area (TPSA) is 74.2 Å². The van der Waals surface area contributed by atoms with Crippen molar-refractivity contribution in [3.63, 3.8) is 0 Å². The van der Waals surface area contributed by atoms with Crippen LogP contribution in [0, 0.1) is 0 Å². The van der Waals surface area contributed by atoms with Gasteiger partial charge in [-0.25, -0.2) is 0 Å². The van der Waals surface area contributed by atoms with Gasteiger partial charge in [0.1, 0.15) is 5.75 Å². The largest absolute Gasteiger partial charge is 0.497 e. The van der Waals surface area contributed by atoms with E-state index in [1.807, 2.05) is 24.3 Å². The highest BCUT2D eigenvalue weighted by molar-refractivity contribution is 5.49. The van der Waals surface area contributed by atoms with Gasteiger partial charge in [0.25, 0.3) is 0 Å². The molecule has 2 rings (SSSR count). The van der Waals surface area contributed by atoms with Crippen molar-refractivity contribution in [3.8, 4) is 5.75 Å². The number of nitrogen functional groups attached to an aromatic ring is 1. The third kappa shape index (κ3) is 2.37. The Hall–Kier alpha value is -2.07. The van der Waals surface area contributed by atoms with Gasteiger partial charge in [-0.2, -0.15) is 0 Å². The van der Waals surface area contributed by atoms with Crippen LogP contribution in [-0.4, -0.2) is 12.1 Å². The van der Waals surface area contributed by atoms with E-state index in [4.69, 9.17) is 16.2 Å². The molecule has 1 aromatic heterocycles. The Morgan fingerprint density at radius 3 is 2.47 bits per heavy atom. The highest BCUT2D eigenvalue weighted by Crippen LogP contribution is 2.24. The molecule has 0 spiro atoms. The average Bonchev–Trinajstić information content (AvgIpc) is 2.39. The number of hydrogen-bond acceptors (Lipinski definition) is 4. The first-order chi connectivity index (χ1) is 8.22. The van der Waals surface area contributed by atoms with E-state index in [2.05, 4.69) is 4.98 Å². The third-order valence-electron chi connectivity index (χ3n) is 2.70. The van der Waals surface area contributed by atoms with Gasteiger partial charge in [-0.05, 0) is 23.8 Å². The number of benzene rings is 1. The van der Waals surface area contributed by atoms with Crippen LogP contribution in [0.5, 0.6) is 5.75 Å². The van der Waals surface area contributed by atoms with Crippen molar-refractivity contribution in [1.29, 1.82) is 0 Å². The van der Waals surface area contributed by atoms with E-state index in [0.29, 0.717) is 5.69 Å². The summed E-state index contributed by atoms with van der Waals surface area (Å²) in [5, 5.41) is 0.